The van der Waals surface area contributed by atoms with E-state index in [1.807, 2.05) is 0 Å². The van der Waals surface area contributed by atoms with Gasteiger partial charge in [0, 0.05) is 6.61 Å². The molecule has 0 fully saturated rings. The van der Waals surface area contributed by atoms with E-state index in [2.05, 4.69) is 54.6 Å². The molecule has 0 saturated carbocycles. The highest BCUT2D eigenvalue weighted by atomic mass is 16.5. The molecule has 0 unspecified atom stereocenters. The first kappa shape index (κ1) is 16.8. The van der Waals surface area contributed by atoms with E-state index in [0.29, 0.717) is 6.61 Å². The second kappa shape index (κ2) is 8.70. The minimum Gasteiger partial charge on any atom is -0.494 e. The zero-order valence-corrected chi connectivity index (χ0v) is 14.2. The van der Waals surface area contributed by atoms with Crippen molar-refractivity contribution in [3.05, 3.63) is 65.2 Å². The van der Waals surface area contributed by atoms with Crippen LogP contribution in [0.25, 0.3) is 11.6 Å². The maximum absolute atomic E-state index is 8.77. The lowest BCUT2D eigenvalue weighted by Crippen LogP contribution is -2.02. The third-order valence-corrected chi connectivity index (χ3v) is 4.57. The quantitative estimate of drug-likeness (QED) is 0.685. The van der Waals surface area contributed by atoms with Gasteiger partial charge in [-0.05, 0) is 66.5 Å². The van der Waals surface area contributed by atoms with Crippen LogP contribution in [-0.2, 0) is 6.42 Å². The molecule has 0 heterocycles. The van der Waals surface area contributed by atoms with Crippen molar-refractivity contribution in [3.8, 4) is 5.75 Å². The normalized spacial score (nSPS) is 13.3. The summed E-state index contributed by atoms with van der Waals surface area (Å²) in [5.41, 5.74) is 5.44. The van der Waals surface area contributed by atoms with Crippen LogP contribution in [0, 0.1) is 0 Å². The summed E-state index contributed by atoms with van der Waals surface area (Å²) in [5.74, 6) is 0.979. The fourth-order valence-corrected chi connectivity index (χ4v) is 3.20. The summed E-state index contributed by atoms with van der Waals surface area (Å²) >= 11 is 0. The Kier molecular flexibility index (Phi) is 6.08. The van der Waals surface area contributed by atoms with Gasteiger partial charge in [-0.15, -0.1) is 0 Å². The molecular formula is C22H26O2. The summed E-state index contributed by atoms with van der Waals surface area (Å²) in [5, 5.41) is 8.77. The largest absolute Gasteiger partial charge is 0.494 e. The van der Waals surface area contributed by atoms with E-state index in [4.69, 9.17) is 9.84 Å². The lowest BCUT2D eigenvalue weighted by Gasteiger charge is -2.18. The van der Waals surface area contributed by atoms with E-state index in [9.17, 15) is 0 Å². The lowest BCUT2D eigenvalue weighted by molar-refractivity contribution is 0.273. The summed E-state index contributed by atoms with van der Waals surface area (Å²) < 4.78 is 5.88. The molecule has 2 aromatic rings. The van der Waals surface area contributed by atoms with Gasteiger partial charge in [-0.3, -0.25) is 0 Å². The summed E-state index contributed by atoms with van der Waals surface area (Å²) in [6, 6.07) is 17.1. The number of rotatable bonds is 8. The van der Waals surface area contributed by atoms with Crippen molar-refractivity contribution >= 4 is 11.6 Å². The molecule has 0 bridgehead atoms. The molecule has 2 aromatic carbocycles. The Hall–Kier alpha value is -2.06. The number of aliphatic hydroxyl groups excluding tert-OH is 1. The highest BCUT2D eigenvalue weighted by Crippen LogP contribution is 2.32. The fraction of sp³-hybridized carbons (Fsp3) is 0.364. The topological polar surface area (TPSA) is 29.5 Å². The van der Waals surface area contributed by atoms with E-state index >= 15 is 0 Å². The van der Waals surface area contributed by atoms with Crippen LogP contribution >= 0.6 is 0 Å². The smallest absolute Gasteiger partial charge is 0.119 e. The van der Waals surface area contributed by atoms with E-state index in [0.717, 1.165) is 50.9 Å². The minimum atomic E-state index is 0.296. The first-order chi connectivity index (χ1) is 11.9. The number of aliphatic hydroxyl groups is 1. The molecule has 1 aliphatic carbocycles. The Balaban J connectivity index is 1.59. The number of fused-ring (bicyclic) bond motifs is 1. The van der Waals surface area contributed by atoms with Gasteiger partial charge in [0.1, 0.15) is 5.75 Å². The molecule has 1 aliphatic rings. The van der Waals surface area contributed by atoms with E-state index in [-0.39, 0.29) is 0 Å². The van der Waals surface area contributed by atoms with Gasteiger partial charge < -0.3 is 9.84 Å². The molecule has 0 aliphatic heterocycles. The standard InChI is InChI=1S/C22H26O2/c23-14-6-1-2-7-15-24-22-13-12-20-16-19(10-11-21(20)17-22)18-8-4-3-5-9-18/h3-5,8-9,12-13,16-17,23H,1-2,6-7,10-11,14-15H2. The van der Waals surface area contributed by atoms with Crippen molar-refractivity contribution in [2.45, 2.75) is 38.5 Å². The summed E-state index contributed by atoms with van der Waals surface area (Å²) in [6.07, 6.45) is 8.62. The number of aryl methyl sites for hydroxylation is 1. The molecule has 0 atom stereocenters. The SMILES string of the molecule is OCCCCCCOc1ccc2c(c1)CCC(c1ccccc1)=C2. The predicted molar refractivity (Wildman–Crippen MR) is 100 cm³/mol. The van der Waals surface area contributed by atoms with Crippen LogP contribution in [0.3, 0.4) is 0 Å². The van der Waals surface area contributed by atoms with Crippen molar-refractivity contribution in [3.63, 3.8) is 0 Å². The van der Waals surface area contributed by atoms with Crippen molar-refractivity contribution in [1.82, 2.24) is 0 Å². The summed E-state index contributed by atoms with van der Waals surface area (Å²) in [7, 11) is 0. The molecular weight excluding hydrogens is 296 g/mol. The van der Waals surface area contributed by atoms with Crippen molar-refractivity contribution in [2.24, 2.45) is 0 Å². The van der Waals surface area contributed by atoms with Crippen LogP contribution in [0.4, 0.5) is 0 Å². The van der Waals surface area contributed by atoms with Crippen molar-refractivity contribution in [2.75, 3.05) is 13.2 Å². The maximum atomic E-state index is 8.77. The van der Waals surface area contributed by atoms with Gasteiger partial charge in [0.2, 0.25) is 0 Å². The monoisotopic (exact) mass is 322 g/mol. The molecule has 2 heteroatoms. The summed E-state index contributed by atoms with van der Waals surface area (Å²) in [4.78, 5) is 0. The van der Waals surface area contributed by atoms with Gasteiger partial charge in [0.05, 0.1) is 6.61 Å². The summed E-state index contributed by atoms with van der Waals surface area (Å²) in [6.45, 7) is 1.06. The molecule has 2 nitrogen and oxygen atoms in total. The van der Waals surface area contributed by atoms with Gasteiger partial charge in [0.25, 0.3) is 0 Å². The third kappa shape index (κ3) is 4.48. The number of allylic oxidation sites excluding steroid dienone is 1. The fourth-order valence-electron chi connectivity index (χ4n) is 3.20. The van der Waals surface area contributed by atoms with Crippen LogP contribution in [0.5, 0.6) is 5.75 Å². The van der Waals surface area contributed by atoms with Crippen LogP contribution in [0.1, 0.15) is 48.8 Å². The average molecular weight is 322 g/mol. The minimum absolute atomic E-state index is 0.296. The maximum Gasteiger partial charge on any atom is 0.119 e. The van der Waals surface area contributed by atoms with Crippen molar-refractivity contribution < 1.29 is 9.84 Å². The van der Waals surface area contributed by atoms with Crippen LogP contribution in [0.15, 0.2) is 48.5 Å². The van der Waals surface area contributed by atoms with E-state index in [1.54, 1.807) is 0 Å². The van der Waals surface area contributed by atoms with Gasteiger partial charge in [-0.1, -0.05) is 48.9 Å². The molecule has 0 radical (unpaired) electrons. The molecule has 1 N–H and O–H groups in total. The molecule has 0 spiro atoms. The van der Waals surface area contributed by atoms with Crippen molar-refractivity contribution in [1.29, 1.82) is 0 Å². The Labute approximate surface area is 144 Å². The first-order valence-electron chi connectivity index (χ1n) is 8.99. The highest BCUT2D eigenvalue weighted by Gasteiger charge is 2.12. The predicted octanol–water partition coefficient (Wildman–Crippen LogP) is 5.10. The molecule has 126 valence electrons. The van der Waals surface area contributed by atoms with E-state index < -0.39 is 0 Å². The Morgan fingerprint density at radius 2 is 1.71 bits per heavy atom. The first-order valence-corrected chi connectivity index (χ1v) is 8.99. The zero-order valence-electron chi connectivity index (χ0n) is 14.2. The second-order valence-corrected chi connectivity index (χ2v) is 6.38. The van der Waals surface area contributed by atoms with Gasteiger partial charge in [-0.2, -0.15) is 0 Å². The van der Waals surface area contributed by atoms with Crippen LogP contribution in [0.2, 0.25) is 0 Å². The van der Waals surface area contributed by atoms with Gasteiger partial charge >= 0.3 is 0 Å². The van der Waals surface area contributed by atoms with Crippen LogP contribution < -0.4 is 4.74 Å². The second-order valence-electron chi connectivity index (χ2n) is 6.38. The third-order valence-electron chi connectivity index (χ3n) is 4.57. The molecule has 0 aromatic heterocycles. The highest BCUT2D eigenvalue weighted by molar-refractivity contribution is 5.84. The molecule has 0 saturated heterocycles. The number of ether oxygens (including phenoxy) is 1. The average Bonchev–Trinajstić information content (AvgIpc) is 2.65. The lowest BCUT2D eigenvalue weighted by atomic mass is 9.88. The van der Waals surface area contributed by atoms with Gasteiger partial charge in [-0.25, -0.2) is 0 Å². The zero-order chi connectivity index (χ0) is 16.6. The van der Waals surface area contributed by atoms with Crippen LogP contribution in [-0.4, -0.2) is 18.3 Å². The van der Waals surface area contributed by atoms with E-state index in [1.165, 1.54) is 22.3 Å². The number of unbranched alkanes of at least 4 members (excludes halogenated alkanes) is 3. The van der Waals surface area contributed by atoms with Gasteiger partial charge in [0.15, 0.2) is 0 Å². The molecule has 24 heavy (non-hydrogen) atoms. The number of hydrogen-bond acceptors (Lipinski definition) is 2. The Morgan fingerprint density at radius 1 is 0.875 bits per heavy atom. The molecule has 3 rings (SSSR count). The Bertz CT molecular complexity index is 674. The molecule has 0 amide bonds. The Morgan fingerprint density at radius 3 is 2.54 bits per heavy atom. The number of hydrogen-bond donors (Lipinski definition) is 1. The number of benzene rings is 2.